The fourth-order valence-corrected chi connectivity index (χ4v) is 2.58. The molecule has 0 aliphatic carbocycles. The number of hydrogen-bond acceptors (Lipinski definition) is 6. The molecule has 3 unspecified atom stereocenters. The van der Waals surface area contributed by atoms with Gasteiger partial charge in [-0.25, -0.2) is 0 Å². The number of aliphatic hydroxyl groups is 4. The van der Waals surface area contributed by atoms with Gasteiger partial charge in [-0.3, -0.25) is 4.79 Å². The van der Waals surface area contributed by atoms with Crippen molar-refractivity contribution in [2.45, 2.75) is 57.2 Å². The number of rotatable bonds is 5. The molecule has 1 amide bonds. The van der Waals surface area contributed by atoms with Crippen LogP contribution in [0.25, 0.3) is 0 Å². The highest BCUT2D eigenvalue weighted by atomic mass is 35.5. The van der Waals surface area contributed by atoms with Crippen LogP contribution in [0.3, 0.4) is 0 Å². The lowest BCUT2D eigenvalue weighted by molar-refractivity contribution is -0.138. The molecule has 0 spiro atoms. The van der Waals surface area contributed by atoms with Gasteiger partial charge in [0.25, 0.3) is 0 Å². The van der Waals surface area contributed by atoms with Crippen LogP contribution in [0.1, 0.15) is 27.7 Å². The second-order valence-corrected chi connectivity index (χ2v) is 6.40. The number of amides is 1. The third-order valence-corrected chi connectivity index (χ3v) is 4.58. The van der Waals surface area contributed by atoms with E-state index in [1.165, 1.54) is 9.32 Å². The van der Waals surface area contributed by atoms with Crippen molar-refractivity contribution >= 4 is 17.7 Å². The molecule has 0 aromatic heterocycles. The molecule has 3 atom stereocenters. The summed E-state index contributed by atoms with van der Waals surface area (Å²) < 4.78 is 1.36. The van der Waals surface area contributed by atoms with Crippen molar-refractivity contribution in [3.05, 3.63) is 0 Å². The zero-order chi connectivity index (χ0) is 15.9. The van der Waals surface area contributed by atoms with E-state index in [0.717, 1.165) is 0 Å². The zero-order valence-corrected chi connectivity index (χ0v) is 12.9. The van der Waals surface area contributed by atoms with E-state index in [1.807, 2.05) is 0 Å². The van der Waals surface area contributed by atoms with E-state index in [9.17, 15) is 20.1 Å². The molecule has 1 fully saturated rings. The highest BCUT2D eigenvalue weighted by molar-refractivity contribution is 6.17. The predicted octanol–water partition coefficient (Wildman–Crippen LogP) is -1.13. The van der Waals surface area contributed by atoms with Crippen LogP contribution >= 0.6 is 11.8 Å². The normalized spacial score (nSPS) is 26.6. The minimum Gasteiger partial charge on any atom is -0.394 e. The standard InChI is InChI=1S/C12H23ClN2O5/c1-11(2)10(20)14(12(3,4)15(11)13)5-7(17)9(19)8(18)6-16/h7-9,16-19H,5-6H2,1-4H3. The maximum atomic E-state index is 12.3. The highest BCUT2D eigenvalue weighted by Crippen LogP contribution is 2.40. The Balaban J connectivity index is 2.89. The summed E-state index contributed by atoms with van der Waals surface area (Å²) in [7, 11) is 0. The number of aliphatic hydroxyl groups excluding tert-OH is 4. The minimum absolute atomic E-state index is 0.198. The lowest BCUT2D eigenvalue weighted by atomic mass is 10.1. The second-order valence-electron chi connectivity index (χ2n) is 6.06. The maximum absolute atomic E-state index is 12.3. The van der Waals surface area contributed by atoms with E-state index < -0.39 is 36.1 Å². The molecule has 1 aliphatic heterocycles. The number of β-amino-alcohol motifs (C(OH)–C–C–N with tert-alkyl or cyclic N) is 1. The van der Waals surface area contributed by atoms with Crippen molar-refractivity contribution in [2.75, 3.05) is 13.2 Å². The highest BCUT2D eigenvalue weighted by Gasteiger charge is 2.56. The first-order chi connectivity index (χ1) is 8.97. The fraction of sp³-hybridized carbons (Fsp3) is 0.917. The van der Waals surface area contributed by atoms with E-state index in [0.29, 0.717) is 0 Å². The van der Waals surface area contributed by atoms with Gasteiger partial charge in [0, 0.05) is 0 Å². The quantitative estimate of drug-likeness (QED) is 0.479. The lowest BCUT2D eigenvalue weighted by Gasteiger charge is -2.37. The molecule has 1 aliphatic rings. The molecule has 4 N–H and O–H groups in total. The van der Waals surface area contributed by atoms with Crippen molar-refractivity contribution in [3.8, 4) is 0 Å². The monoisotopic (exact) mass is 310 g/mol. The maximum Gasteiger partial charge on any atom is 0.245 e. The summed E-state index contributed by atoms with van der Waals surface area (Å²) in [5.41, 5.74) is -1.79. The first-order valence-corrected chi connectivity index (χ1v) is 6.75. The van der Waals surface area contributed by atoms with Gasteiger partial charge in [0.05, 0.1) is 13.2 Å². The molecule has 118 valence electrons. The summed E-state index contributed by atoms with van der Waals surface area (Å²) in [6.45, 7) is 5.88. The topological polar surface area (TPSA) is 104 Å². The van der Waals surface area contributed by atoms with Crippen LogP contribution in [-0.2, 0) is 4.79 Å². The summed E-state index contributed by atoms with van der Waals surface area (Å²) in [5.74, 6) is -0.290. The second kappa shape index (κ2) is 5.75. The third-order valence-electron chi connectivity index (χ3n) is 3.75. The van der Waals surface area contributed by atoms with Gasteiger partial charge >= 0.3 is 0 Å². The summed E-state index contributed by atoms with van der Waals surface area (Å²) in [6.07, 6.45) is -4.40. The molecule has 1 heterocycles. The molecular weight excluding hydrogens is 288 g/mol. The first kappa shape index (κ1) is 17.6. The summed E-state index contributed by atoms with van der Waals surface area (Å²) >= 11 is 6.18. The average molecular weight is 311 g/mol. The number of carbonyl (C=O) groups excluding carboxylic acids is 1. The van der Waals surface area contributed by atoms with Crippen LogP contribution in [-0.4, -0.2) is 78.3 Å². The largest absolute Gasteiger partial charge is 0.394 e. The number of carbonyl (C=O) groups is 1. The van der Waals surface area contributed by atoms with Gasteiger partial charge in [-0.15, -0.1) is 0 Å². The van der Waals surface area contributed by atoms with E-state index >= 15 is 0 Å². The van der Waals surface area contributed by atoms with Crippen molar-refractivity contribution in [2.24, 2.45) is 0 Å². The van der Waals surface area contributed by atoms with Crippen molar-refractivity contribution < 1.29 is 25.2 Å². The Bertz CT molecular complexity index is 377. The minimum atomic E-state index is -1.55. The summed E-state index contributed by atoms with van der Waals surface area (Å²) in [6, 6.07) is 0. The van der Waals surface area contributed by atoms with Gasteiger partial charge in [-0.2, -0.15) is 4.42 Å². The van der Waals surface area contributed by atoms with Gasteiger partial charge in [0.1, 0.15) is 29.5 Å². The Morgan fingerprint density at radius 3 is 2.00 bits per heavy atom. The van der Waals surface area contributed by atoms with E-state index in [-0.39, 0.29) is 12.5 Å². The fourth-order valence-electron chi connectivity index (χ4n) is 2.42. The number of hydrogen-bond donors (Lipinski definition) is 4. The SMILES string of the molecule is CC1(C)C(=O)N(CC(O)C(O)C(O)CO)C(C)(C)N1Cl. The molecule has 0 saturated carbocycles. The van der Waals surface area contributed by atoms with Crippen molar-refractivity contribution in [3.63, 3.8) is 0 Å². The first-order valence-electron chi connectivity index (χ1n) is 6.41. The summed E-state index contributed by atoms with van der Waals surface area (Å²) in [4.78, 5) is 13.7. The molecule has 8 heteroatoms. The van der Waals surface area contributed by atoms with Gasteiger partial charge in [-0.05, 0) is 39.5 Å². The number of nitrogens with zero attached hydrogens (tertiary/aromatic N) is 2. The molecule has 0 radical (unpaired) electrons. The number of halogens is 1. The molecule has 0 aromatic carbocycles. The van der Waals surface area contributed by atoms with Crippen LogP contribution in [0.2, 0.25) is 0 Å². The molecule has 0 bridgehead atoms. The molecular formula is C12H23ClN2O5. The van der Waals surface area contributed by atoms with Crippen LogP contribution < -0.4 is 0 Å². The van der Waals surface area contributed by atoms with Crippen LogP contribution in [0, 0.1) is 0 Å². The summed E-state index contributed by atoms with van der Waals surface area (Å²) in [5, 5.41) is 37.6. The van der Waals surface area contributed by atoms with Gasteiger partial charge < -0.3 is 25.3 Å². The van der Waals surface area contributed by atoms with E-state index in [4.69, 9.17) is 16.9 Å². The third kappa shape index (κ3) is 2.79. The Morgan fingerprint density at radius 2 is 1.65 bits per heavy atom. The van der Waals surface area contributed by atoms with Crippen LogP contribution in [0.5, 0.6) is 0 Å². The molecule has 20 heavy (non-hydrogen) atoms. The molecule has 1 rings (SSSR count). The van der Waals surface area contributed by atoms with E-state index in [2.05, 4.69) is 0 Å². The predicted molar refractivity (Wildman–Crippen MR) is 72.7 cm³/mol. The van der Waals surface area contributed by atoms with Crippen LogP contribution in [0.4, 0.5) is 0 Å². The molecule has 7 nitrogen and oxygen atoms in total. The average Bonchev–Trinajstić information content (AvgIpc) is 2.49. The van der Waals surface area contributed by atoms with Gasteiger partial charge in [-0.1, -0.05) is 0 Å². The zero-order valence-electron chi connectivity index (χ0n) is 12.1. The van der Waals surface area contributed by atoms with E-state index in [1.54, 1.807) is 27.7 Å². The smallest absolute Gasteiger partial charge is 0.245 e. The Morgan fingerprint density at radius 1 is 1.15 bits per heavy atom. The van der Waals surface area contributed by atoms with Gasteiger partial charge in [0.15, 0.2) is 0 Å². The Kier molecular flexibility index (Phi) is 5.06. The van der Waals surface area contributed by atoms with Gasteiger partial charge in [0.2, 0.25) is 5.91 Å². The van der Waals surface area contributed by atoms with Crippen molar-refractivity contribution in [1.29, 1.82) is 0 Å². The Labute approximate surface area is 123 Å². The molecule has 1 saturated heterocycles. The molecule has 0 aromatic rings. The van der Waals surface area contributed by atoms with Crippen molar-refractivity contribution in [1.82, 2.24) is 9.32 Å². The van der Waals surface area contributed by atoms with Crippen LogP contribution in [0.15, 0.2) is 0 Å². The Hall–Kier alpha value is -0.440. The lowest BCUT2D eigenvalue weighted by Crippen LogP contribution is -2.53.